The Bertz CT molecular complexity index is 265. The monoisotopic (exact) mass is 290 g/mol. The van der Waals surface area contributed by atoms with Gasteiger partial charge in [-0.25, -0.2) is 0 Å². The summed E-state index contributed by atoms with van der Waals surface area (Å²) < 4.78 is 53.5. The maximum atomic E-state index is 13.8. The second kappa shape index (κ2) is 8.17. The van der Waals surface area contributed by atoms with E-state index < -0.39 is 25.8 Å². The lowest BCUT2D eigenvalue weighted by molar-refractivity contribution is -0.0337. The predicted octanol–water partition coefficient (Wildman–Crippen LogP) is 2.63. The van der Waals surface area contributed by atoms with Crippen molar-refractivity contribution in [1.29, 1.82) is 0 Å². The zero-order chi connectivity index (χ0) is 14.2. The van der Waals surface area contributed by atoms with E-state index in [-0.39, 0.29) is 19.8 Å². The number of aliphatic hydroxyl groups is 1. The molecule has 110 valence electrons. The Hall–Kier alpha value is -0.0700. The van der Waals surface area contributed by atoms with Gasteiger partial charge in [-0.05, 0) is 20.8 Å². The predicted molar refractivity (Wildman–Crippen MR) is 62.9 cm³/mol. The normalized spacial score (nSPS) is 14.8. The van der Waals surface area contributed by atoms with Gasteiger partial charge in [-0.1, -0.05) is 0 Å². The fourth-order valence-electron chi connectivity index (χ4n) is 1.27. The van der Waals surface area contributed by atoms with E-state index in [1.807, 2.05) is 0 Å². The number of aliphatic hydroxyl groups excluding tert-OH is 1. The summed E-state index contributed by atoms with van der Waals surface area (Å²) in [7, 11) is -4.56. The number of alkyl halides is 2. The van der Waals surface area contributed by atoms with Crippen LogP contribution >= 0.6 is 7.60 Å². The van der Waals surface area contributed by atoms with Gasteiger partial charge < -0.3 is 18.9 Å². The van der Waals surface area contributed by atoms with Gasteiger partial charge in [-0.2, -0.15) is 8.78 Å². The van der Waals surface area contributed by atoms with Crippen LogP contribution in [-0.4, -0.2) is 43.3 Å². The molecule has 1 atom stereocenters. The fraction of sp³-hybridized carbons (Fsp3) is 1.00. The molecule has 0 aromatic carbocycles. The minimum atomic E-state index is -4.56. The van der Waals surface area contributed by atoms with Crippen LogP contribution in [0.15, 0.2) is 0 Å². The summed E-state index contributed by atoms with van der Waals surface area (Å²) >= 11 is 0. The molecular weight excluding hydrogens is 269 g/mol. The number of hydrogen-bond donors (Lipinski definition) is 1. The Morgan fingerprint density at radius 3 is 2.06 bits per heavy atom. The molecule has 0 saturated heterocycles. The third kappa shape index (κ3) is 5.28. The first-order valence-corrected chi connectivity index (χ1v) is 7.40. The van der Waals surface area contributed by atoms with Crippen LogP contribution in [0.4, 0.5) is 8.78 Å². The third-order valence-corrected chi connectivity index (χ3v) is 4.17. The van der Waals surface area contributed by atoms with Gasteiger partial charge in [0, 0.05) is 6.61 Å². The molecule has 0 bridgehead atoms. The van der Waals surface area contributed by atoms with E-state index in [0.29, 0.717) is 6.61 Å². The minimum absolute atomic E-state index is 0.158. The van der Waals surface area contributed by atoms with E-state index >= 15 is 0 Å². The maximum Gasteiger partial charge on any atom is 0.399 e. The molecule has 0 fully saturated rings. The molecule has 0 saturated carbocycles. The summed E-state index contributed by atoms with van der Waals surface area (Å²) in [4.78, 5) is 0. The van der Waals surface area contributed by atoms with E-state index in [0.717, 1.165) is 0 Å². The van der Waals surface area contributed by atoms with E-state index in [2.05, 4.69) is 9.05 Å². The van der Waals surface area contributed by atoms with Crippen molar-refractivity contribution in [2.24, 2.45) is 0 Å². The van der Waals surface area contributed by atoms with Crippen LogP contribution in [0.2, 0.25) is 0 Å². The standard InChI is InChI=1S/C10H21F2O5P/c1-4-15-8-9(13)7-10(11,12)18(14,16-5-2)17-6-3/h9,13H,4-8H2,1-3H3/t9-/m0/s1. The third-order valence-electron chi connectivity index (χ3n) is 1.99. The smallest absolute Gasteiger partial charge is 0.390 e. The van der Waals surface area contributed by atoms with Gasteiger partial charge in [0.1, 0.15) is 0 Å². The van der Waals surface area contributed by atoms with Gasteiger partial charge in [-0.15, -0.1) is 0 Å². The van der Waals surface area contributed by atoms with E-state index in [4.69, 9.17) is 4.74 Å². The Labute approximate surface area is 106 Å². The zero-order valence-corrected chi connectivity index (χ0v) is 11.8. The molecule has 0 aliphatic carbocycles. The summed E-state index contributed by atoms with van der Waals surface area (Å²) in [6.07, 6.45) is -2.45. The Kier molecular flexibility index (Phi) is 8.14. The molecule has 0 unspecified atom stereocenters. The molecule has 5 nitrogen and oxygen atoms in total. The van der Waals surface area contributed by atoms with Gasteiger partial charge in [0.2, 0.25) is 0 Å². The average Bonchev–Trinajstić information content (AvgIpc) is 2.26. The lowest BCUT2D eigenvalue weighted by Crippen LogP contribution is -2.29. The fourth-order valence-corrected chi connectivity index (χ4v) is 2.84. The number of hydrogen-bond acceptors (Lipinski definition) is 5. The molecule has 0 rings (SSSR count). The summed E-state index contributed by atoms with van der Waals surface area (Å²) in [5.74, 6) is 0. The summed E-state index contributed by atoms with van der Waals surface area (Å²) in [5.41, 5.74) is -3.74. The topological polar surface area (TPSA) is 65.0 Å². The van der Waals surface area contributed by atoms with E-state index in [1.54, 1.807) is 6.92 Å². The SMILES string of the molecule is CCOC[C@@H](O)CC(F)(F)P(=O)(OCC)OCC. The lowest BCUT2D eigenvalue weighted by Gasteiger charge is -2.27. The van der Waals surface area contributed by atoms with Gasteiger partial charge >= 0.3 is 13.3 Å². The van der Waals surface area contributed by atoms with Crippen LogP contribution in [0.3, 0.4) is 0 Å². The molecule has 0 heterocycles. The maximum absolute atomic E-state index is 13.8. The molecule has 0 aliphatic heterocycles. The van der Waals surface area contributed by atoms with Crippen LogP contribution < -0.4 is 0 Å². The lowest BCUT2D eigenvalue weighted by atomic mass is 10.3. The average molecular weight is 290 g/mol. The molecule has 0 spiro atoms. The number of halogens is 2. The van der Waals surface area contributed by atoms with Crippen LogP contribution in [0.5, 0.6) is 0 Å². The van der Waals surface area contributed by atoms with Crippen molar-refractivity contribution in [2.45, 2.75) is 39.0 Å². The molecule has 0 amide bonds. The summed E-state index contributed by atoms with van der Waals surface area (Å²) in [6.45, 7) is 4.30. The highest BCUT2D eigenvalue weighted by Crippen LogP contribution is 2.63. The first kappa shape index (κ1) is 17.9. The van der Waals surface area contributed by atoms with Crippen LogP contribution in [0, 0.1) is 0 Å². The molecular formula is C10H21F2O5P. The van der Waals surface area contributed by atoms with Crippen molar-refractivity contribution in [2.75, 3.05) is 26.4 Å². The van der Waals surface area contributed by atoms with Crippen molar-refractivity contribution in [3.63, 3.8) is 0 Å². The molecule has 0 radical (unpaired) electrons. The quantitative estimate of drug-likeness (QED) is 0.627. The van der Waals surface area contributed by atoms with Gasteiger partial charge in [0.15, 0.2) is 0 Å². The van der Waals surface area contributed by atoms with Gasteiger partial charge in [-0.3, -0.25) is 4.57 Å². The zero-order valence-electron chi connectivity index (χ0n) is 10.9. The minimum Gasteiger partial charge on any atom is -0.390 e. The summed E-state index contributed by atoms with van der Waals surface area (Å²) in [5, 5.41) is 9.38. The highest BCUT2D eigenvalue weighted by atomic mass is 31.2. The van der Waals surface area contributed by atoms with Crippen molar-refractivity contribution in [3.8, 4) is 0 Å². The number of rotatable bonds is 10. The van der Waals surface area contributed by atoms with Crippen molar-refractivity contribution < 1.29 is 32.2 Å². The second-order valence-electron chi connectivity index (χ2n) is 3.52. The Balaban J connectivity index is 4.68. The number of ether oxygens (including phenoxy) is 1. The van der Waals surface area contributed by atoms with Crippen molar-refractivity contribution in [1.82, 2.24) is 0 Å². The molecule has 8 heteroatoms. The van der Waals surface area contributed by atoms with Gasteiger partial charge in [0.25, 0.3) is 0 Å². The van der Waals surface area contributed by atoms with Crippen LogP contribution in [-0.2, 0) is 18.3 Å². The molecule has 18 heavy (non-hydrogen) atoms. The molecule has 0 aromatic rings. The molecule has 0 aromatic heterocycles. The van der Waals surface area contributed by atoms with Crippen LogP contribution in [0.1, 0.15) is 27.2 Å². The van der Waals surface area contributed by atoms with Crippen molar-refractivity contribution >= 4 is 7.60 Å². The molecule has 1 N–H and O–H groups in total. The van der Waals surface area contributed by atoms with E-state index in [9.17, 15) is 18.5 Å². The summed E-state index contributed by atoms with van der Waals surface area (Å²) in [6, 6.07) is 0. The van der Waals surface area contributed by atoms with Crippen LogP contribution in [0.25, 0.3) is 0 Å². The largest absolute Gasteiger partial charge is 0.399 e. The van der Waals surface area contributed by atoms with E-state index in [1.165, 1.54) is 13.8 Å². The van der Waals surface area contributed by atoms with Crippen molar-refractivity contribution in [3.05, 3.63) is 0 Å². The highest BCUT2D eigenvalue weighted by molar-refractivity contribution is 7.55. The molecule has 0 aliphatic rings. The Morgan fingerprint density at radius 2 is 1.67 bits per heavy atom. The first-order chi connectivity index (χ1) is 8.33. The first-order valence-electron chi connectivity index (χ1n) is 5.85. The second-order valence-corrected chi connectivity index (χ2v) is 5.68. The van der Waals surface area contributed by atoms with Gasteiger partial charge in [0.05, 0.1) is 32.3 Å². The highest BCUT2D eigenvalue weighted by Gasteiger charge is 2.54. The Morgan fingerprint density at radius 1 is 1.17 bits per heavy atom.